The van der Waals surface area contributed by atoms with Crippen LogP contribution in [-0.2, 0) is 4.74 Å². The molecule has 3 aliphatic heterocycles. The van der Waals surface area contributed by atoms with Gasteiger partial charge >= 0.3 is 0 Å². The maximum atomic E-state index is 14.1. The smallest absolute Gasteiger partial charge is 0.133 e. The van der Waals surface area contributed by atoms with Crippen molar-refractivity contribution >= 4 is 12.2 Å². The van der Waals surface area contributed by atoms with E-state index in [-0.39, 0.29) is 30.8 Å². The molecule has 2 unspecified atom stereocenters. The van der Waals surface area contributed by atoms with Crippen LogP contribution in [0, 0.1) is 11.8 Å². The summed E-state index contributed by atoms with van der Waals surface area (Å²) in [6.07, 6.45) is 6.09. The van der Waals surface area contributed by atoms with Crippen molar-refractivity contribution in [2.24, 2.45) is 21.8 Å². The Morgan fingerprint density at radius 1 is 1.31 bits per heavy atom. The summed E-state index contributed by atoms with van der Waals surface area (Å²) < 4.78 is 25.9. The predicted molar refractivity (Wildman–Crippen MR) is 110 cm³/mol. The van der Waals surface area contributed by atoms with Gasteiger partial charge in [-0.2, -0.15) is 0 Å². The number of alkyl halides is 1. The average Bonchev–Trinajstić information content (AvgIpc) is 3.45. The van der Waals surface area contributed by atoms with Crippen LogP contribution in [0.4, 0.5) is 4.39 Å². The van der Waals surface area contributed by atoms with Crippen molar-refractivity contribution in [1.82, 2.24) is 10.6 Å². The summed E-state index contributed by atoms with van der Waals surface area (Å²) in [4.78, 5) is 9.62. The number of ether oxygens (including phenoxy) is 2. The van der Waals surface area contributed by atoms with Gasteiger partial charge in [0.25, 0.3) is 0 Å². The van der Waals surface area contributed by atoms with Crippen LogP contribution in [0.25, 0.3) is 0 Å². The highest BCUT2D eigenvalue weighted by atomic mass is 19.1. The van der Waals surface area contributed by atoms with Gasteiger partial charge in [0.05, 0.1) is 18.9 Å². The first kappa shape index (κ1) is 18.6. The number of hydrogen-bond donors (Lipinski definition) is 2. The highest BCUT2D eigenvalue weighted by molar-refractivity contribution is 5.97. The Bertz CT molecular complexity index is 872. The van der Waals surface area contributed by atoms with E-state index in [1.54, 1.807) is 6.34 Å². The van der Waals surface area contributed by atoms with E-state index in [1.807, 2.05) is 24.3 Å². The van der Waals surface area contributed by atoms with Gasteiger partial charge in [-0.3, -0.25) is 4.99 Å². The van der Waals surface area contributed by atoms with E-state index < -0.39 is 5.67 Å². The molecule has 29 heavy (non-hydrogen) atoms. The second-order valence-corrected chi connectivity index (χ2v) is 8.81. The number of benzene rings is 1. The lowest BCUT2D eigenvalue weighted by Crippen LogP contribution is -2.44. The normalized spacial score (nSPS) is 32.0. The first-order valence-electron chi connectivity index (χ1n) is 10.3. The number of rotatable bonds is 5. The van der Waals surface area contributed by atoms with Gasteiger partial charge < -0.3 is 20.1 Å². The van der Waals surface area contributed by atoms with Crippen molar-refractivity contribution in [1.29, 1.82) is 0 Å². The molecule has 4 aliphatic rings. The Morgan fingerprint density at radius 2 is 2.14 bits per heavy atom. The molecule has 0 bridgehead atoms. The van der Waals surface area contributed by atoms with Gasteiger partial charge in [-0.05, 0) is 38.7 Å². The molecule has 0 aromatic heterocycles. The number of halogens is 1. The molecular formula is C22H27FN4O2. The molecule has 1 aliphatic carbocycles. The highest BCUT2D eigenvalue weighted by Crippen LogP contribution is 2.40. The van der Waals surface area contributed by atoms with Crippen LogP contribution in [0.2, 0.25) is 0 Å². The van der Waals surface area contributed by atoms with Gasteiger partial charge in [0, 0.05) is 11.3 Å². The number of allylic oxidation sites excluding steroid dienone is 1. The Balaban J connectivity index is 1.46. The number of hydrogen-bond acceptors (Lipinski definition) is 5. The van der Waals surface area contributed by atoms with E-state index in [0.29, 0.717) is 12.5 Å². The quantitative estimate of drug-likeness (QED) is 0.800. The van der Waals surface area contributed by atoms with E-state index in [4.69, 9.17) is 14.5 Å². The van der Waals surface area contributed by atoms with Crippen molar-refractivity contribution in [2.75, 3.05) is 13.2 Å². The van der Waals surface area contributed by atoms with Crippen LogP contribution in [0.5, 0.6) is 5.75 Å². The molecule has 2 N–H and O–H groups in total. The highest BCUT2D eigenvalue weighted by Gasteiger charge is 2.40. The second-order valence-electron chi connectivity index (χ2n) is 8.81. The first-order chi connectivity index (χ1) is 14.0. The second kappa shape index (κ2) is 7.13. The fourth-order valence-electron chi connectivity index (χ4n) is 4.07. The fourth-order valence-corrected chi connectivity index (χ4v) is 4.07. The van der Waals surface area contributed by atoms with E-state index in [2.05, 4.69) is 21.7 Å². The molecule has 0 saturated heterocycles. The fraction of sp³-hybridized carbons (Fsp3) is 0.545. The number of fused-ring (bicyclic) bond motifs is 2. The lowest BCUT2D eigenvalue weighted by Gasteiger charge is -2.33. The summed E-state index contributed by atoms with van der Waals surface area (Å²) in [5.41, 5.74) is 0.839. The molecule has 1 saturated carbocycles. The molecule has 3 heterocycles. The summed E-state index contributed by atoms with van der Waals surface area (Å²) >= 11 is 0. The minimum atomic E-state index is -1.41. The molecule has 1 aromatic rings. The Morgan fingerprint density at radius 3 is 2.93 bits per heavy atom. The van der Waals surface area contributed by atoms with Gasteiger partial charge in [0.15, 0.2) is 0 Å². The maximum Gasteiger partial charge on any atom is 0.133 e. The summed E-state index contributed by atoms with van der Waals surface area (Å²) in [5, 5.41) is 6.78. The van der Waals surface area contributed by atoms with Crippen LogP contribution in [0.15, 0.2) is 46.0 Å². The lowest BCUT2D eigenvalue weighted by atomic mass is 9.97. The van der Waals surface area contributed by atoms with Crippen molar-refractivity contribution in [3.8, 4) is 5.75 Å². The molecule has 4 atom stereocenters. The molecule has 154 valence electrons. The number of amidine groups is 1. The van der Waals surface area contributed by atoms with E-state index in [0.717, 1.165) is 17.1 Å². The number of nitrogens with zero attached hydrogens (tertiary/aromatic N) is 2. The van der Waals surface area contributed by atoms with E-state index in [1.165, 1.54) is 32.4 Å². The third kappa shape index (κ3) is 3.88. The number of aliphatic imine (C=N–C) groups is 2. The number of para-hydroxylation sites is 1. The van der Waals surface area contributed by atoms with Gasteiger partial charge in [0.2, 0.25) is 0 Å². The minimum absolute atomic E-state index is 0.00122. The van der Waals surface area contributed by atoms with E-state index >= 15 is 0 Å². The molecule has 1 aromatic carbocycles. The summed E-state index contributed by atoms with van der Waals surface area (Å²) in [6.45, 7) is 3.38. The Kier molecular flexibility index (Phi) is 4.57. The SMILES string of the molecule is CC(C)(F)CO[C@H]1COc2ccccc2[C@@H]1N=C1NC=NC2NC(C3CC3)=CC12. The standard InChI is InChI=1S/C22H27FN4O2/c1-22(2,23)11-29-18-10-28-17-6-4-3-5-14(17)19(18)27-21-15-9-16(13-7-8-13)26-20(15)24-12-25-21/h3-6,9,12-13,15,18-20,26H,7-8,10-11H2,1-2H3,(H,24,25,27)/t15?,18-,19-,20?/m0/s1. The van der Waals surface area contributed by atoms with Crippen LogP contribution in [-0.4, -0.2) is 43.3 Å². The van der Waals surface area contributed by atoms with Crippen LogP contribution in [0.3, 0.4) is 0 Å². The summed E-state index contributed by atoms with van der Waals surface area (Å²) in [5.74, 6) is 2.39. The molecule has 6 nitrogen and oxygen atoms in total. The monoisotopic (exact) mass is 398 g/mol. The van der Waals surface area contributed by atoms with Crippen LogP contribution < -0.4 is 15.4 Å². The van der Waals surface area contributed by atoms with Crippen molar-refractivity contribution in [3.63, 3.8) is 0 Å². The predicted octanol–water partition coefficient (Wildman–Crippen LogP) is 3.12. The summed E-state index contributed by atoms with van der Waals surface area (Å²) in [6, 6.07) is 7.60. The van der Waals surface area contributed by atoms with Gasteiger partial charge in [-0.1, -0.05) is 24.3 Å². The average molecular weight is 398 g/mol. The molecule has 1 fully saturated rings. The third-order valence-corrected chi connectivity index (χ3v) is 5.71. The third-order valence-electron chi connectivity index (χ3n) is 5.71. The molecular weight excluding hydrogens is 371 g/mol. The van der Waals surface area contributed by atoms with Gasteiger partial charge in [0.1, 0.15) is 42.2 Å². The molecule has 0 radical (unpaired) electrons. The minimum Gasteiger partial charge on any atom is -0.490 e. The molecule has 5 rings (SSSR count). The van der Waals surface area contributed by atoms with Crippen LogP contribution in [0.1, 0.15) is 38.3 Å². The van der Waals surface area contributed by atoms with Crippen molar-refractivity contribution in [2.45, 2.75) is 50.7 Å². The zero-order valence-electron chi connectivity index (χ0n) is 16.8. The Labute approximate surface area is 170 Å². The number of nitrogens with one attached hydrogen (secondary N) is 2. The largest absolute Gasteiger partial charge is 0.490 e. The van der Waals surface area contributed by atoms with Gasteiger partial charge in [-0.15, -0.1) is 0 Å². The summed E-state index contributed by atoms with van der Waals surface area (Å²) in [7, 11) is 0. The van der Waals surface area contributed by atoms with Crippen LogP contribution >= 0.6 is 0 Å². The molecule has 7 heteroatoms. The Hall–Kier alpha value is -2.41. The zero-order chi connectivity index (χ0) is 20.0. The van der Waals surface area contributed by atoms with Crippen molar-refractivity contribution in [3.05, 3.63) is 41.6 Å². The lowest BCUT2D eigenvalue weighted by molar-refractivity contribution is -0.0485. The molecule has 0 spiro atoms. The first-order valence-corrected chi connectivity index (χ1v) is 10.3. The maximum absolute atomic E-state index is 14.1. The van der Waals surface area contributed by atoms with E-state index in [9.17, 15) is 4.39 Å². The van der Waals surface area contributed by atoms with Gasteiger partial charge in [-0.25, -0.2) is 9.38 Å². The zero-order valence-corrected chi connectivity index (χ0v) is 16.8. The van der Waals surface area contributed by atoms with Crippen molar-refractivity contribution < 1.29 is 13.9 Å². The molecule has 0 amide bonds. The topological polar surface area (TPSA) is 67.2 Å².